The van der Waals surface area contributed by atoms with Gasteiger partial charge in [-0.1, -0.05) is 38.0 Å². The molecule has 0 aliphatic rings. The van der Waals surface area contributed by atoms with Crippen molar-refractivity contribution in [2.75, 3.05) is 17.1 Å². The van der Waals surface area contributed by atoms with Gasteiger partial charge < -0.3 is 14.8 Å². The maximum Gasteiger partial charge on any atom is 0.182 e. The summed E-state index contributed by atoms with van der Waals surface area (Å²) < 4.78 is 3.35. The average Bonchev–Trinajstić information content (AvgIpc) is 3.24. The lowest BCUT2D eigenvalue weighted by Crippen LogP contribution is -1.89. The number of thiazole rings is 1. The van der Waals surface area contributed by atoms with Crippen molar-refractivity contribution < 1.29 is 4.79 Å². The number of anilines is 2. The molecular weight excluding hydrogens is 386 g/mol. The van der Waals surface area contributed by atoms with Crippen LogP contribution >= 0.6 is 23.3 Å². The van der Waals surface area contributed by atoms with Gasteiger partial charge in [0.2, 0.25) is 0 Å². The third-order valence-corrected chi connectivity index (χ3v) is 4.85. The Kier molecular flexibility index (Phi) is 11.2. The molecule has 0 radical (unpaired) electrons. The molecule has 1 aromatic heterocycles. The van der Waals surface area contributed by atoms with Gasteiger partial charge in [0.15, 0.2) is 5.13 Å². The summed E-state index contributed by atoms with van der Waals surface area (Å²) in [6.07, 6.45) is 6.18. The lowest BCUT2D eigenvalue weighted by molar-refractivity contribution is -0.106. The summed E-state index contributed by atoms with van der Waals surface area (Å²) in [6.45, 7) is 5.44. The van der Waals surface area contributed by atoms with Crippen LogP contribution in [0.2, 0.25) is 0 Å². The number of nitrogens with one attached hydrogen (secondary N) is 2. The van der Waals surface area contributed by atoms with Crippen molar-refractivity contribution in [2.45, 2.75) is 25.7 Å². The Bertz CT molecular complexity index is 901. The van der Waals surface area contributed by atoms with Crippen molar-refractivity contribution >= 4 is 40.4 Å². The molecular formula is C22H25N3OS2. The molecule has 6 heteroatoms. The molecule has 0 unspecified atom stereocenters. The van der Waals surface area contributed by atoms with Gasteiger partial charge in [0.05, 0.1) is 5.69 Å². The molecule has 1 heterocycles. The lowest BCUT2D eigenvalue weighted by Gasteiger charge is -2.07. The molecule has 0 saturated heterocycles. The summed E-state index contributed by atoms with van der Waals surface area (Å²) in [5, 5.41) is 6.03. The molecule has 0 amide bonds. The predicted octanol–water partition coefficient (Wildman–Crippen LogP) is 6.18. The normalized spacial score (nSPS) is 8.96. The first-order valence-corrected chi connectivity index (χ1v) is 10.5. The number of nitrogens with zero attached hydrogens (tertiary/aromatic N) is 1. The van der Waals surface area contributed by atoms with E-state index in [2.05, 4.69) is 38.5 Å². The van der Waals surface area contributed by atoms with E-state index in [1.54, 1.807) is 23.3 Å². The van der Waals surface area contributed by atoms with Gasteiger partial charge in [-0.25, -0.2) is 4.98 Å². The number of benzene rings is 2. The zero-order valence-corrected chi connectivity index (χ0v) is 18.2. The highest BCUT2D eigenvalue weighted by Crippen LogP contribution is 2.28. The van der Waals surface area contributed by atoms with Gasteiger partial charge in [-0.3, -0.25) is 0 Å². The van der Waals surface area contributed by atoms with Gasteiger partial charge in [0.25, 0.3) is 0 Å². The number of hydrogen-bond acceptors (Lipinski definition) is 6. The van der Waals surface area contributed by atoms with Crippen LogP contribution in [-0.4, -0.2) is 18.3 Å². The molecule has 0 aliphatic carbocycles. The van der Waals surface area contributed by atoms with Gasteiger partial charge in [-0.15, -0.1) is 17.8 Å². The summed E-state index contributed by atoms with van der Waals surface area (Å²) in [5.41, 5.74) is 3.97. The van der Waals surface area contributed by atoms with Gasteiger partial charge in [-0.05, 0) is 49.2 Å². The Morgan fingerprint density at radius 3 is 2.54 bits per heavy atom. The molecule has 0 atom stereocenters. The summed E-state index contributed by atoms with van der Waals surface area (Å²) in [4.78, 5) is 14.4. The lowest BCUT2D eigenvalue weighted by atomic mass is 10.1. The first kappa shape index (κ1) is 23.3. The van der Waals surface area contributed by atoms with Crippen LogP contribution in [0.15, 0.2) is 58.8 Å². The van der Waals surface area contributed by atoms with Crippen molar-refractivity contribution in [1.29, 1.82) is 0 Å². The minimum atomic E-state index is 0.750. The van der Waals surface area contributed by atoms with Crippen LogP contribution < -0.4 is 10.0 Å². The number of rotatable bonds is 5. The monoisotopic (exact) mass is 411 g/mol. The second-order valence-electron chi connectivity index (χ2n) is 4.98. The topological polar surface area (TPSA) is 54.0 Å². The number of carbonyl (C=O) groups excluding carboxylic acids is 1. The molecule has 0 saturated carbocycles. The van der Waals surface area contributed by atoms with E-state index in [9.17, 15) is 0 Å². The fourth-order valence-electron chi connectivity index (χ4n) is 2.03. The van der Waals surface area contributed by atoms with Crippen LogP contribution in [0, 0.1) is 12.3 Å². The maximum atomic E-state index is 8.81. The average molecular weight is 412 g/mol. The van der Waals surface area contributed by atoms with Crippen LogP contribution in [0.5, 0.6) is 0 Å². The number of hydrogen-bond donors (Lipinski definition) is 2. The summed E-state index contributed by atoms with van der Waals surface area (Å²) in [6, 6.07) is 16.1. The maximum absolute atomic E-state index is 8.81. The zero-order chi connectivity index (χ0) is 20.8. The number of aromatic nitrogens is 1. The molecule has 3 aromatic rings. The second kappa shape index (κ2) is 13.4. The van der Waals surface area contributed by atoms with Gasteiger partial charge in [0, 0.05) is 34.1 Å². The van der Waals surface area contributed by atoms with E-state index in [4.69, 9.17) is 11.2 Å². The van der Waals surface area contributed by atoms with E-state index in [1.165, 1.54) is 6.92 Å². The Labute approximate surface area is 175 Å². The minimum absolute atomic E-state index is 0.750. The zero-order valence-electron chi connectivity index (χ0n) is 16.5. The van der Waals surface area contributed by atoms with Crippen LogP contribution in [-0.2, 0) is 4.79 Å². The Morgan fingerprint density at radius 1 is 1.18 bits per heavy atom. The third-order valence-electron chi connectivity index (χ3n) is 3.16. The first-order chi connectivity index (χ1) is 13.7. The number of terminal acetylenes is 1. The van der Waals surface area contributed by atoms with Crippen molar-refractivity contribution in [3.63, 3.8) is 0 Å². The Morgan fingerprint density at radius 2 is 1.89 bits per heavy atom. The molecule has 0 aliphatic heterocycles. The molecule has 0 bridgehead atoms. The summed E-state index contributed by atoms with van der Waals surface area (Å²) in [7, 11) is 1.88. The highest BCUT2D eigenvalue weighted by Gasteiger charge is 2.04. The standard InChI is InChI=1S/C18H15N3S2.C2H4O.C2H6/c1-3-13-6-4-9-16(10-13)23-21-15-8-5-7-14(11-15)17-12-22-18(19-2)20-17;1-2-3;1-2/h1,4-12,21H,2H3,(H,19,20);2H,1H3;1-2H3. The van der Waals surface area contributed by atoms with E-state index < -0.39 is 0 Å². The smallest absolute Gasteiger partial charge is 0.182 e. The fraction of sp³-hybridized carbons (Fsp3) is 0.182. The first-order valence-electron chi connectivity index (χ1n) is 8.83. The summed E-state index contributed by atoms with van der Waals surface area (Å²) >= 11 is 3.14. The molecule has 146 valence electrons. The highest BCUT2D eigenvalue weighted by atomic mass is 32.2. The van der Waals surface area contributed by atoms with Crippen LogP contribution in [0.3, 0.4) is 0 Å². The quantitative estimate of drug-likeness (QED) is 0.298. The largest absolute Gasteiger partial charge is 0.365 e. The molecule has 2 N–H and O–H groups in total. The molecule has 0 fully saturated rings. The fourth-order valence-corrected chi connectivity index (χ4v) is 3.41. The van der Waals surface area contributed by atoms with E-state index in [1.807, 2.05) is 57.3 Å². The van der Waals surface area contributed by atoms with Crippen LogP contribution in [0.4, 0.5) is 10.8 Å². The number of carbonyl (C=O) groups is 1. The predicted molar refractivity (Wildman–Crippen MR) is 124 cm³/mol. The van der Waals surface area contributed by atoms with Crippen LogP contribution in [0.1, 0.15) is 26.3 Å². The van der Waals surface area contributed by atoms with Crippen molar-refractivity contribution in [3.8, 4) is 23.6 Å². The molecule has 2 aromatic carbocycles. The minimum Gasteiger partial charge on any atom is -0.365 e. The Balaban J connectivity index is 0.000000717. The van der Waals surface area contributed by atoms with Crippen LogP contribution in [0.25, 0.3) is 11.3 Å². The molecule has 3 rings (SSSR count). The van der Waals surface area contributed by atoms with Crippen molar-refractivity contribution in [2.24, 2.45) is 0 Å². The molecule has 28 heavy (non-hydrogen) atoms. The van der Waals surface area contributed by atoms with Gasteiger partial charge in [-0.2, -0.15) is 0 Å². The van der Waals surface area contributed by atoms with E-state index in [0.717, 1.165) is 38.8 Å². The third kappa shape index (κ3) is 7.47. The van der Waals surface area contributed by atoms with Gasteiger partial charge >= 0.3 is 0 Å². The van der Waals surface area contributed by atoms with E-state index in [0.29, 0.717) is 0 Å². The van der Waals surface area contributed by atoms with Gasteiger partial charge in [0.1, 0.15) is 6.29 Å². The number of aldehydes is 1. The van der Waals surface area contributed by atoms with E-state index >= 15 is 0 Å². The van der Waals surface area contributed by atoms with E-state index in [-0.39, 0.29) is 0 Å². The second-order valence-corrected chi connectivity index (χ2v) is 6.72. The van der Waals surface area contributed by atoms with Crippen molar-refractivity contribution in [3.05, 3.63) is 59.5 Å². The van der Waals surface area contributed by atoms with Crippen molar-refractivity contribution in [1.82, 2.24) is 4.98 Å². The molecule has 0 spiro atoms. The highest BCUT2D eigenvalue weighted by molar-refractivity contribution is 8.00. The summed E-state index contributed by atoms with van der Waals surface area (Å²) in [5.74, 6) is 2.65. The SMILES string of the molecule is C#Cc1cccc(SNc2cccc(-c3csc(NC)n3)c2)c1.CC.CC=O. The Hall–Kier alpha value is -2.75. The molecule has 4 nitrogen and oxygen atoms in total.